The molecule has 1 heterocycles. The highest BCUT2D eigenvalue weighted by Crippen LogP contribution is 2.24. The quantitative estimate of drug-likeness (QED) is 0.714. The summed E-state index contributed by atoms with van der Waals surface area (Å²) in [4.78, 5) is 15.2. The van der Waals surface area contributed by atoms with Crippen molar-refractivity contribution in [3.63, 3.8) is 0 Å². The molecule has 2 aromatic carbocycles. The standard InChI is InChI=1S/C23H27N3O2/c1-15(2)26(14-22-16(3)24-25(5)17(22)4)23(28)20-8-6-7-19(13-20)18-9-11-21(27)12-10-18/h6-13,15,27H,14H2,1-5H3. The minimum atomic E-state index is -0.00159. The smallest absolute Gasteiger partial charge is 0.254 e. The van der Waals surface area contributed by atoms with Crippen LogP contribution in [0.4, 0.5) is 0 Å². The number of rotatable bonds is 5. The van der Waals surface area contributed by atoms with Gasteiger partial charge in [0, 0.05) is 36.5 Å². The lowest BCUT2D eigenvalue weighted by Crippen LogP contribution is -2.36. The monoisotopic (exact) mass is 377 g/mol. The molecule has 0 aliphatic heterocycles. The Morgan fingerprint density at radius 3 is 2.36 bits per heavy atom. The predicted octanol–water partition coefficient (Wildman–Crippen LogP) is 4.46. The molecule has 0 aliphatic rings. The summed E-state index contributed by atoms with van der Waals surface area (Å²) in [5.41, 5.74) is 5.69. The zero-order valence-electron chi connectivity index (χ0n) is 17.1. The number of benzene rings is 2. The van der Waals surface area contributed by atoms with Gasteiger partial charge >= 0.3 is 0 Å². The van der Waals surface area contributed by atoms with Crippen LogP contribution in [0.5, 0.6) is 5.75 Å². The van der Waals surface area contributed by atoms with Crippen LogP contribution in [0.1, 0.15) is 41.2 Å². The molecule has 1 N–H and O–H groups in total. The predicted molar refractivity (Wildman–Crippen MR) is 111 cm³/mol. The normalized spacial score (nSPS) is 11.1. The molecule has 0 aliphatic carbocycles. The number of phenolic OH excluding ortho intramolecular Hbond substituents is 1. The number of aryl methyl sites for hydroxylation is 2. The Labute approximate surface area is 166 Å². The van der Waals surface area contributed by atoms with Crippen molar-refractivity contribution in [1.29, 1.82) is 0 Å². The average Bonchev–Trinajstić information content (AvgIpc) is 2.91. The summed E-state index contributed by atoms with van der Waals surface area (Å²) in [6.07, 6.45) is 0. The molecular weight excluding hydrogens is 350 g/mol. The van der Waals surface area contributed by atoms with Gasteiger partial charge in [0.25, 0.3) is 5.91 Å². The van der Waals surface area contributed by atoms with Crippen LogP contribution in [0.15, 0.2) is 48.5 Å². The summed E-state index contributed by atoms with van der Waals surface area (Å²) in [6, 6.07) is 14.7. The van der Waals surface area contributed by atoms with Crippen LogP contribution in [0.25, 0.3) is 11.1 Å². The highest BCUT2D eigenvalue weighted by atomic mass is 16.3. The number of amides is 1. The van der Waals surface area contributed by atoms with Gasteiger partial charge in [-0.1, -0.05) is 24.3 Å². The molecule has 1 amide bonds. The summed E-state index contributed by atoms with van der Waals surface area (Å²) < 4.78 is 1.86. The molecule has 0 bridgehead atoms. The maximum absolute atomic E-state index is 13.3. The molecule has 0 unspecified atom stereocenters. The van der Waals surface area contributed by atoms with Crippen LogP contribution in [0, 0.1) is 13.8 Å². The number of aromatic hydroxyl groups is 1. The summed E-state index contributed by atoms with van der Waals surface area (Å²) in [7, 11) is 1.93. The molecule has 28 heavy (non-hydrogen) atoms. The van der Waals surface area contributed by atoms with E-state index in [0.29, 0.717) is 12.1 Å². The fraction of sp³-hybridized carbons (Fsp3) is 0.304. The van der Waals surface area contributed by atoms with E-state index in [1.54, 1.807) is 12.1 Å². The summed E-state index contributed by atoms with van der Waals surface area (Å²) in [5, 5.41) is 14.0. The Balaban J connectivity index is 1.91. The van der Waals surface area contributed by atoms with Gasteiger partial charge in [0.05, 0.1) is 5.69 Å². The van der Waals surface area contributed by atoms with E-state index in [1.165, 1.54) is 0 Å². The molecule has 5 nitrogen and oxygen atoms in total. The molecular formula is C23H27N3O2. The number of hydrogen-bond donors (Lipinski definition) is 1. The first-order valence-corrected chi connectivity index (χ1v) is 9.47. The third kappa shape index (κ3) is 3.93. The minimum Gasteiger partial charge on any atom is -0.508 e. The van der Waals surface area contributed by atoms with Crippen LogP contribution in [0.3, 0.4) is 0 Å². The van der Waals surface area contributed by atoms with Crippen molar-refractivity contribution in [1.82, 2.24) is 14.7 Å². The zero-order valence-corrected chi connectivity index (χ0v) is 17.1. The van der Waals surface area contributed by atoms with Gasteiger partial charge in [-0.2, -0.15) is 5.10 Å². The van der Waals surface area contributed by atoms with Crippen molar-refractivity contribution >= 4 is 5.91 Å². The molecule has 3 rings (SSSR count). The van der Waals surface area contributed by atoms with E-state index >= 15 is 0 Å². The van der Waals surface area contributed by atoms with Crippen LogP contribution in [-0.4, -0.2) is 31.7 Å². The van der Waals surface area contributed by atoms with Gasteiger partial charge in [0.15, 0.2) is 0 Å². The molecule has 3 aromatic rings. The molecule has 146 valence electrons. The van der Waals surface area contributed by atoms with Gasteiger partial charge in [-0.25, -0.2) is 0 Å². The fourth-order valence-corrected chi connectivity index (χ4v) is 3.36. The van der Waals surface area contributed by atoms with Crippen LogP contribution in [-0.2, 0) is 13.6 Å². The molecule has 0 fully saturated rings. The average molecular weight is 377 g/mol. The second-order valence-corrected chi connectivity index (χ2v) is 7.43. The Bertz CT molecular complexity index is 988. The van der Waals surface area contributed by atoms with Crippen molar-refractivity contribution in [2.75, 3.05) is 0 Å². The van der Waals surface area contributed by atoms with Gasteiger partial charge in [0.1, 0.15) is 5.75 Å². The van der Waals surface area contributed by atoms with Gasteiger partial charge in [0.2, 0.25) is 0 Å². The molecule has 5 heteroatoms. The third-order valence-electron chi connectivity index (χ3n) is 5.18. The number of aromatic nitrogens is 2. The Hall–Kier alpha value is -3.08. The number of hydrogen-bond acceptors (Lipinski definition) is 3. The molecule has 0 saturated heterocycles. The van der Waals surface area contributed by atoms with Crippen molar-refractivity contribution in [2.45, 2.75) is 40.3 Å². The second-order valence-electron chi connectivity index (χ2n) is 7.43. The first kappa shape index (κ1) is 19.7. The number of carbonyl (C=O) groups excluding carboxylic acids is 1. The third-order valence-corrected chi connectivity index (χ3v) is 5.18. The van der Waals surface area contributed by atoms with Gasteiger partial charge < -0.3 is 10.0 Å². The fourth-order valence-electron chi connectivity index (χ4n) is 3.36. The van der Waals surface area contributed by atoms with Crippen LogP contribution in [0.2, 0.25) is 0 Å². The molecule has 1 aromatic heterocycles. The lowest BCUT2D eigenvalue weighted by molar-refractivity contribution is 0.0690. The second kappa shape index (κ2) is 7.89. The van der Waals surface area contributed by atoms with Crippen molar-refractivity contribution < 1.29 is 9.90 Å². The summed E-state index contributed by atoms with van der Waals surface area (Å²) >= 11 is 0. The Morgan fingerprint density at radius 2 is 1.79 bits per heavy atom. The highest BCUT2D eigenvalue weighted by Gasteiger charge is 2.22. The summed E-state index contributed by atoms with van der Waals surface area (Å²) in [6.45, 7) is 8.61. The van der Waals surface area contributed by atoms with Gasteiger partial charge in [-0.3, -0.25) is 9.48 Å². The lowest BCUT2D eigenvalue weighted by Gasteiger charge is -2.27. The summed E-state index contributed by atoms with van der Waals surface area (Å²) in [5.74, 6) is 0.224. The molecule has 0 saturated carbocycles. The van der Waals surface area contributed by atoms with E-state index < -0.39 is 0 Å². The van der Waals surface area contributed by atoms with Crippen molar-refractivity contribution in [3.8, 4) is 16.9 Å². The van der Waals surface area contributed by atoms with Crippen LogP contribution < -0.4 is 0 Å². The van der Waals surface area contributed by atoms with E-state index in [2.05, 4.69) is 5.10 Å². The zero-order chi connectivity index (χ0) is 20.4. The number of carbonyl (C=O) groups is 1. The van der Waals surface area contributed by atoms with Crippen molar-refractivity contribution in [3.05, 3.63) is 71.0 Å². The van der Waals surface area contributed by atoms with Crippen molar-refractivity contribution in [2.24, 2.45) is 7.05 Å². The topological polar surface area (TPSA) is 58.4 Å². The van der Waals surface area contributed by atoms with E-state index in [-0.39, 0.29) is 17.7 Å². The molecule has 0 spiro atoms. The lowest BCUT2D eigenvalue weighted by atomic mass is 10.0. The Kier molecular flexibility index (Phi) is 5.54. The van der Waals surface area contributed by atoms with Gasteiger partial charge in [-0.05, 0) is 63.1 Å². The largest absolute Gasteiger partial charge is 0.508 e. The number of nitrogens with zero attached hydrogens (tertiary/aromatic N) is 3. The Morgan fingerprint density at radius 1 is 1.11 bits per heavy atom. The first-order valence-electron chi connectivity index (χ1n) is 9.47. The SMILES string of the molecule is Cc1nn(C)c(C)c1CN(C(=O)c1cccc(-c2ccc(O)cc2)c1)C(C)C. The van der Waals surface area contributed by atoms with E-state index in [4.69, 9.17) is 0 Å². The number of phenols is 1. The first-order chi connectivity index (χ1) is 13.3. The van der Waals surface area contributed by atoms with E-state index in [9.17, 15) is 9.90 Å². The minimum absolute atomic E-state index is 0.00159. The van der Waals surface area contributed by atoms with E-state index in [0.717, 1.165) is 28.1 Å². The maximum atomic E-state index is 13.3. The van der Waals surface area contributed by atoms with Crippen LogP contribution >= 0.6 is 0 Å². The maximum Gasteiger partial charge on any atom is 0.254 e. The molecule has 0 radical (unpaired) electrons. The van der Waals surface area contributed by atoms with Gasteiger partial charge in [-0.15, -0.1) is 0 Å². The highest BCUT2D eigenvalue weighted by molar-refractivity contribution is 5.95. The van der Waals surface area contributed by atoms with E-state index in [1.807, 2.05) is 80.7 Å². The molecule has 0 atom stereocenters.